The van der Waals surface area contributed by atoms with Crippen molar-refractivity contribution in [3.8, 4) is 0 Å². The first kappa shape index (κ1) is 15.7. The minimum Gasteiger partial charge on any atom is -0.477 e. The summed E-state index contributed by atoms with van der Waals surface area (Å²) in [4.78, 5) is 26.2. The number of hydrogen-bond acceptors (Lipinski definition) is 3. The van der Waals surface area contributed by atoms with Crippen molar-refractivity contribution in [3.05, 3.63) is 75.3 Å². The molecule has 0 radical (unpaired) electrons. The van der Waals surface area contributed by atoms with E-state index in [1.807, 2.05) is 13.0 Å². The van der Waals surface area contributed by atoms with E-state index < -0.39 is 11.4 Å². The molecule has 3 rings (SSSR count). The van der Waals surface area contributed by atoms with E-state index in [1.54, 1.807) is 18.2 Å². The second-order valence-electron chi connectivity index (χ2n) is 5.52. The predicted octanol–water partition coefficient (Wildman–Crippen LogP) is 3.29. The highest BCUT2D eigenvalue weighted by molar-refractivity contribution is 5.92. The van der Waals surface area contributed by atoms with Crippen LogP contribution in [0.1, 0.15) is 21.5 Å². The van der Waals surface area contributed by atoms with Crippen molar-refractivity contribution in [2.45, 2.75) is 13.5 Å². The summed E-state index contributed by atoms with van der Waals surface area (Å²) in [6, 6.07) is 9.47. The van der Waals surface area contributed by atoms with Gasteiger partial charge in [-0.15, -0.1) is 0 Å². The third-order valence-electron chi connectivity index (χ3n) is 3.89. The van der Waals surface area contributed by atoms with E-state index in [-0.39, 0.29) is 11.4 Å². The van der Waals surface area contributed by atoms with Gasteiger partial charge in [0.15, 0.2) is 0 Å². The highest BCUT2D eigenvalue weighted by Crippen LogP contribution is 2.18. The summed E-state index contributed by atoms with van der Waals surface area (Å²) >= 11 is 0. The third-order valence-corrected chi connectivity index (χ3v) is 3.89. The molecule has 0 atom stereocenters. The molecule has 0 aliphatic rings. The second kappa shape index (κ2) is 6.16. The van der Waals surface area contributed by atoms with E-state index in [4.69, 9.17) is 5.11 Å². The number of halogens is 1. The fraction of sp³-hybridized carbons (Fsp3) is 0.111. The predicted molar refractivity (Wildman–Crippen MR) is 90.0 cm³/mol. The maximum atomic E-state index is 12.9. The molecule has 6 heteroatoms. The monoisotopic (exact) mass is 326 g/mol. The normalized spacial score (nSPS) is 10.8. The summed E-state index contributed by atoms with van der Waals surface area (Å²) in [6.45, 7) is 2.34. The number of aromatic amines is 1. The van der Waals surface area contributed by atoms with Crippen LogP contribution < -0.4 is 10.7 Å². The number of carboxylic acids is 1. The van der Waals surface area contributed by atoms with Gasteiger partial charge in [-0.05, 0) is 54.4 Å². The van der Waals surface area contributed by atoms with Gasteiger partial charge in [0.05, 0.1) is 0 Å². The Morgan fingerprint density at radius 2 is 1.96 bits per heavy atom. The number of H-pyrrole nitrogens is 1. The summed E-state index contributed by atoms with van der Waals surface area (Å²) < 4.78 is 12.9. The van der Waals surface area contributed by atoms with Gasteiger partial charge >= 0.3 is 5.97 Å². The molecule has 1 heterocycles. The molecule has 3 N–H and O–H groups in total. The Morgan fingerprint density at radius 1 is 1.25 bits per heavy atom. The fourth-order valence-electron chi connectivity index (χ4n) is 2.53. The van der Waals surface area contributed by atoms with Gasteiger partial charge in [0, 0.05) is 29.3 Å². The largest absolute Gasteiger partial charge is 0.477 e. The van der Waals surface area contributed by atoms with Crippen LogP contribution in [-0.4, -0.2) is 16.1 Å². The van der Waals surface area contributed by atoms with Gasteiger partial charge in [0.25, 0.3) is 0 Å². The van der Waals surface area contributed by atoms with Crippen LogP contribution in [0.3, 0.4) is 0 Å². The van der Waals surface area contributed by atoms with Crippen molar-refractivity contribution < 1.29 is 14.3 Å². The molecule has 1 aromatic heterocycles. The van der Waals surface area contributed by atoms with Crippen LogP contribution >= 0.6 is 0 Å². The Hall–Kier alpha value is -3.15. The molecule has 0 saturated carbocycles. The lowest BCUT2D eigenvalue weighted by atomic mass is 10.0. The zero-order valence-electron chi connectivity index (χ0n) is 12.9. The highest BCUT2D eigenvalue weighted by atomic mass is 19.1. The SMILES string of the molecule is Cc1cc2[nH]cc(C(=O)O)c(=O)c2cc1CNc1ccc(F)cc1. The highest BCUT2D eigenvalue weighted by Gasteiger charge is 2.13. The quantitative estimate of drug-likeness (QED) is 0.687. The lowest BCUT2D eigenvalue weighted by Gasteiger charge is -2.11. The third kappa shape index (κ3) is 2.99. The molecule has 24 heavy (non-hydrogen) atoms. The van der Waals surface area contributed by atoms with Crippen LogP contribution in [0.4, 0.5) is 10.1 Å². The lowest BCUT2D eigenvalue weighted by Crippen LogP contribution is -2.16. The molecule has 0 spiro atoms. The number of benzene rings is 2. The van der Waals surface area contributed by atoms with E-state index in [0.29, 0.717) is 17.4 Å². The summed E-state index contributed by atoms with van der Waals surface area (Å²) in [5.74, 6) is -1.57. The number of pyridine rings is 1. The average Bonchev–Trinajstić information content (AvgIpc) is 2.54. The molecule has 0 fully saturated rings. The van der Waals surface area contributed by atoms with Gasteiger partial charge in [0.1, 0.15) is 11.4 Å². The standard InChI is InChI=1S/C18H15FN2O3/c1-10-6-16-14(17(22)15(9-21-16)18(23)24)7-11(10)8-20-13-4-2-12(19)3-5-13/h2-7,9,20H,8H2,1H3,(H,21,22)(H,23,24). The van der Waals surface area contributed by atoms with E-state index in [1.165, 1.54) is 18.3 Å². The van der Waals surface area contributed by atoms with Crippen molar-refractivity contribution in [3.63, 3.8) is 0 Å². The van der Waals surface area contributed by atoms with E-state index in [2.05, 4.69) is 10.3 Å². The fourth-order valence-corrected chi connectivity index (χ4v) is 2.53. The van der Waals surface area contributed by atoms with Crippen LogP contribution in [0.2, 0.25) is 0 Å². The first-order valence-electron chi connectivity index (χ1n) is 7.33. The van der Waals surface area contributed by atoms with Gasteiger partial charge in [-0.25, -0.2) is 9.18 Å². The molecular formula is C18H15FN2O3. The number of fused-ring (bicyclic) bond motifs is 1. The summed E-state index contributed by atoms with van der Waals surface area (Å²) in [7, 11) is 0. The van der Waals surface area contributed by atoms with Crippen molar-refractivity contribution in [1.82, 2.24) is 4.98 Å². The van der Waals surface area contributed by atoms with Crippen LogP contribution in [-0.2, 0) is 6.54 Å². The van der Waals surface area contributed by atoms with Crippen molar-refractivity contribution in [1.29, 1.82) is 0 Å². The molecule has 3 aromatic rings. The van der Waals surface area contributed by atoms with Crippen molar-refractivity contribution >= 4 is 22.6 Å². The summed E-state index contributed by atoms with van der Waals surface area (Å²) in [5, 5.41) is 12.5. The Morgan fingerprint density at radius 3 is 2.62 bits per heavy atom. The number of aromatic carboxylic acids is 1. The number of aryl methyl sites for hydroxylation is 1. The second-order valence-corrected chi connectivity index (χ2v) is 5.52. The maximum absolute atomic E-state index is 12.9. The van der Waals surface area contributed by atoms with Crippen LogP contribution in [0, 0.1) is 12.7 Å². The number of nitrogens with one attached hydrogen (secondary N) is 2. The molecule has 0 bridgehead atoms. The Bertz CT molecular complexity index is 978. The maximum Gasteiger partial charge on any atom is 0.341 e. The van der Waals surface area contributed by atoms with Crippen LogP contribution in [0.25, 0.3) is 10.9 Å². The number of carbonyl (C=O) groups is 1. The van der Waals surface area contributed by atoms with Crippen molar-refractivity contribution in [2.75, 3.05) is 5.32 Å². The van der Waals surface area contributed by atoms with Gasteiger partial charge < -0.3 is 15.4 Å². The van der Waals surface area contributed by atoms with Gasteiger partial charge in [-0.1, -0.05) is 0 Å². The van der Waals surface area contributed by atoms with Gasteiger partial charge in [-0.3, -0.25) is 4.79 Å². The molecule has 0 aliphatic heterocycles. The van der Waals surface area contributed by atoms with Crippen LogP contribution in [0.5, 0.6) is 0 Å². The van der Waals surface area contributed by atoms with E-state index >= 15 is 0 Å². The topological polar surface area (TPSA) is 82.2 Å². The number of aromatic nitrogens is 1. The molecule has 0 aliphatic carbocycles. The number of carboxylic acid groups (broad SMARTS) is 1. The zero-order valence-corrected chi connectivity index (χ0v) is 12.9. The Kier molecular flexibility index (Phi) is 4.04. The molecular weight excluding hydrogens is 311 g/mol. The first-order chi connectivity index (χ1) is 11.5. The number of hydrogen-bond donors (Lipinski definition) is 3. The van der Waals surface area contributed by atoms with E-state index in [9.17, 15) is 14.0 Å². The van der Waals surface area contributed by atoms with Gasteiger partial charge in [0.2, 0.25) is 5.43 Å². The first-order valence-corrected chi connectivity index (χ1v) is 7.33. The molecule has 122 valence electrons. The molecule has 0 saturated heterocycles. The van der Waals surface area contributed by atoms with E-state index in [0.717, 1.165) is 16.8 Å². The van der Waals surface area contributed by atoms with Crippen LogP contribution in [0.15, 0.2) is 47.4 Å². The Balaban J connectivity index is 1.97. The molecule has 2 aromatic carbocycles. The molecule has 5 nitrogen and oxygen atoms in total. The Labute approximate surface area is 136 Å². The summed E-state index contributed by atoms with van der Waals surface area (Å²) in [5.41, 5.74) is 2.36. The summed E-state index contributed by atoms with van der Waals surface area (Å²) in [6.07, 6.45) is 1.21. The minimum absolute atomic E-state index is 0.288. The number of rotatable bonds is 4. The zero-order chi connectivity index (χ0) is 17.3. The molecule has 0 unspecified atom stereocenters. The number of anilines is 1. The van der Waals surface area contributed by atoms with Crippen molar-refractivity contribution in [2.24, 2.45) is 0 Å². The minimum atomic E-state index is -1.26. The van der Waals surface area contributed by atoms with Gasteiger partial charge in [-0.2, -0.15) is 0 Å². The lowest BCUT2D eigenvalue weighted by molar-refractivity contribution is 0.0695. The average molecular weight is 326 g/mol. The molecule has 0 amide bonds. The smallest absolute Gasteiger partial charge is 0.341 e.